The number of methoxy groups -OCH3 is 1. The van der Waals surface area contributed by atoms with Crippen LogP contribution in [0.15, 0.2) is 54.6 Å². The van der Waals surface area contributed by atoms with E-state index in [2.05, 4.69) is 24.3 Å². The second-order valence-corrected chi connectivity index (χ2v) is 6.61. The van der Waals surface area contributed by atoms with Crippen molar-refractivity contribution in [3.63, 3.8) is 0 Å². The molecule has 0 bridgehead atoms. The lowest BCUT2D eigenvalue weighted by Crippen LogP contribution is -2.36. The van der Waals surface area contributed by atoms with Gasteiger partial charge in [-0.05, 0) is 41.5 Å². The van der Waals surface area contributed by atoms with Crippen LogP contribution in [-0.2, 0) is 11.3 Å². The maximum atomic E-state index is 12.8. The molecule has 3 atom stereocenters. The first-order chi connectivity index (χ1) is 11.3. The van der Waals surface area contributed by atoms with E-state index >= 15 is 0 Å². The van der Waals surface area contributed by atoms with Crippen LogP contribution in [0.2, 0.25) is 0 Å². The average molecular weight is 307 g/mol. The highest BCUT2D eigenvalue weighted by Crippen LogP contribution is 2.52. The van der Waals surface area contributed by atoms with Crippen molar-refractivity contribution in [3.05, 3.63) is 65.7 Å². The molecule has 0 spiro atoms. The Hall–Kier alpha value is -2.29. The minimum atomic E-state index is 0.158. The number of ether oxygens (including phenoxy) is 1. The average Bonchev–Trinajstić information content (AvgIpc) is 2.79. The maximum absolute atomic E-state index is 12.8. The van der Waals surface area contributed by atoms with Crippen molar-refractivity contribution in [2.24, 2.45) is 11.8 Å². The van der Waals surface area contributed by atoms with Gasteiger partial charge in [0.25, 0.3) is 0 Å². The maximum Gasteiger partial charge on any atom is 0.226 e. The van der Waals surface area contributed by atoms with Gasteiger partial charge in [0.1, 0.15) is 5.75 Å². The molecule has 4 rings (SSSR count). The second-order valence-electron chi connectivity index (χ2n) is 6.61. The van der Waals surface area contributed by atoms with E-state index in [1.807, 2.05) is 35.2 Å². The summed E-state index contributed by atoms with van der Waals surface area (Å²) in [5.74, 6) is 2.21. The Balaban J connectivity index is 1.49. The number of carbonyl (C=O) groups is 1. The van der Waals surface area contributed by atoms with Gasteiger partial charge in [0.2, 0.25) is 5.91 Å². The number of benzene rings is 2. The topological polar surface area (TPSA) is 29.5 Å². The summed E-state index contributed by atoms with van der Waals surface area (Å²) in [4.78, 5) is 14.8. The van der Waals surface area contributed by atoms with Crippen molar-refractivity contribution in [2.45, 2.75) is 18.9 Å². The molecule has 23 heavy (non-hydrogen) atoms. The zero-order chi connectivity index (χ0) is 15.8. The first-order valence-electron chi connectivity index (χ1n) is 8.23. The van der Waals surface area contributed by atoms with Gasteiger partial charge in [-0.3, -0.25) is 4.79 Å². The van der Waals surface area contributed by atoms with Gasteiger partial charge in [0.05, 0.1) is 7.11 Å². The molecule has 1 aliphatic heterocycles. The minimum Gasteiger partial charge on any atom is -0.497 e. The summed E-state index contributed by atoms with van der Waals surface area (Å²) in [5, 5.41) is 0. The fourth-order valence-electron chi connectivity index (χ4n) is 4.06. The van der Waals surface area contributed by atoms with E-state index in [-0.39, 0.29) is 5.92 Å². The van der Waals surface area contributed by atoms with Gasteiger partial charge in [-0.15, -0.1) is 0 Å². The van der Waals surface area contributed by atoms with Crippen LogP contribution >= 0.6 is 0 Å². The monoisotopic (exact) mass is 307 g/mol. The van der Waals surface area contributed by atoms with Crippen molar-refractivity contribution < 1.29 is 9.53 Å². The Morgan fingerprint density at radius 2 is 1.96 bits per heavy atom. The molecule has 3 unspecified atom stereocenters. The molecule has 1 saturated carbocycles. The summed E-state index contributed by atoms with van der Waals surface area (Å²) in [6.07, 6.45) is 1.11. The summed E-state index contributed by atoms with van der Waals surface area (Å²) in [7, 11) is 1.69. The summed E-state index contributed by atoms with van der Waals surface area (Å²) in [6.45, 7) is 1.64. The predicted octanol–water partition coefficient (Wildman–Crippen LogP) is 3.46. The van der Waals surface area contributed by atoms with Gasteiger partial charge in [0, 0.05) is 19.0 Å². The van der Waals surface area contributed by atoms with Gasteiger partial charge >= 0.3 is 0 Å². The van der Waals surface area contributed by atoms with E-state index in [1.165, 1.54) is 11.1 Å². The lowest BCUT2D eigenvalue weighted by atomic mass is 9.63. The van der Waals surface area contributed by atoms with Crippen LogP contribution in [0, 0.1) is 11.8 Å². The SMILES string of the molecule is COc1cccc(C2CC3CN(Cc4ccccc4)C(=O)C32)c1. The van der Waals surface area contributed by atoms with E-state index in [9.17, 15) is 4.79 Å². The molecule has 2 aromatic rings. The molecule has 0 N–H and O–H groups in total. The van der Waals surface area contributed by atoms with Crippen LogP contribution in [-0.4, -0.2) is 24.5 Å². The van der Waals surface area contributed by atoms with E-state index in [0.29, 0.717) is 17.7 Å². The van der Waals surface area contributed by atoms with Crippen molar-refractivity contribution in [1.29, 1.82) is 0 Å². The van der Waals surface area contributed by atoms with E-state index in [0.717, 1.165) is 25.3 Å². The highest BCUT2D eigenvalue weighted by atomic mass is 16.5. The van der Waals surface area contributed by atoms with Crippen LogP contribution in [0.25, 0.3) is 0 Å². The molecular weight excluding hydrogens is 286 g/mol. The Morgan fingerprint density at radius 1 is 1.13 bits per heavy atom. The predicted molar refractivity (Wildman–Crippen MR) is 89.2 cm³/mol. The molecule has 0 radical (unpaired) electrons. The zero-order valence-corrected chi connectivity index (χ0v) is 13.3. The number of hydrogen-bond acceptors (Lipinski definition) is 2. The molecule has 3 nitrogen and oxygen atoms in total. The summed E-state index contributed by atoms with van der Waals surface area (Å²) in [6, 6.07) is 18.4. The quantitative estimate of drug-likeness (QED) is 0.866. The third kappa shape index (κ3) is 2.50. The Kier molecular flexibility index (Phi) is 3.56. The molecular formula is C20H21NO2. The first-order valence-corrected chi connectivity index (χ1v) is 8.23. The Morgan fingerprint density at radius 3 is 2.74 bits per heavy atom. The van der Waals surface area contributed by atoms with Gasteiger partial charge in [-0.25, -0.2) is 0 Å². The highest BCUT2D eigenvalue weighted by molar-refractivity contribution is 5.84. The summed E-state index contributed by atoms with van der Waals surface area (Å²) < 4.78 is 5.32. The Bertz CT molecular complexity index is 713. The number of likely N-dealkylation sites (tertiary alicyclic amines) is 1. The van der Waals surface area contributed by atoms with E-state index < -0.39 is 0 Å². The number of rotatable bonds is 4. The number of nitrogens with zero attached hydrogens (tertiary/aromatic N) is 1. The van der Waals surface area contributed by atoms with Crippen LogP contribution in [0.1, 0.15) is 23.5 Å². The lowest BCUT2D eigenvalue weighted by Gasteiger charge is -2.38. The molecule has 3 heteroatoms. The molecule has 2 aliphatic rings. The molecule has 1 aliphatic carbocycles. The Labute approximate surface area is 136 Å². The lowest BCUT2D eigenvalue weighted by molar-refractivity contribution is -0.133. The first kappa shape index (κ1) is 14.3. The fraction of sp³-hybridized carbons (Fsp3) is 0.350. The minimum absolute atomic E-state index is 0.158. The van der Waals surface area contributed by atoms with Crippen LogP contribution in [0.4, 0.5) is 0 Å². The van der Waals surface area contributed by atoms with Gasteiger partial charge in [-0.1, -0.05) is 42.5 Å². The largest absolute Gasteiger partial charge is 0.497 e. The molecule has 2 aromatic carbocycles. The van der Waals surface area contributed by atoms with E-state index in [1.54, 1.807) is 7.11 Å². The number of hydrogen-bond donors (Lipinski definition) is 0. The van der Waals surface area contributed by atoms with Gasteiger partial charge in [-0.2, -0.15) is 0 Å². The number of carbonyl (C=O) groups excluding carboxylic acids is 1. The second kappa shape index (κ2) is 5.73. The third-order valence-electron chi connectivity index (χ3n) is 5.29. The fourth-order valence-corrected chi connectivity index (χ4v) is 4.06. The van der Waals surface area contributed by atoms with Gasteiger partial charge in [0.15, 0.2) is 0 Å². The third-order valence-corrected chi connectivity index (χ3v) is 5.29. The summed E-state index contributed by atoms with van der Waals surface area (Å²) >= 11 is 0. The smallest absolute Gasteiger partial charge is 0.226 e. The van der Waals surface area contributed by atoms with Crippen LogP contribution < -0.4 is 4.74 Å². The molecule has 2 fully saturated rings. The molecule has 0 aromatic heterocycles. The molecule has 1 amide bonds. The number of fused-ring (bicyclic) bond motifs is 1. The zero-order valence-electron chi connectivity index (χ0n) is 13.3. The molecule has 118 valence electrons. The normalized spacial score (nSPS) is 25.9. The van der Waals surface area contributed by atoms with Crippen molar-refractivity contribution in [3.8, 4) is 5.75 Å². The molecule has 1 heterocycles. The van der Waals surface area contributed by atoms with Crippen LogP contribution in [0.3, 0.4) is 0 Å². The highest BCUT2D eigenvalue weighted by Gasteiger charge is 2.53. The van der Waals surface area contributed by atoms with Crippen LogP contribution in [0.5, 0.6) is 5.75 Å². The van der Waals surface area contributed by atoms with E-state index in [4.69, 9.17) is 4.74 Å². The summed E-state index contributed by atoms with van der Waals surface area (Å²) in [5.41, 5.74) is 2.44. The van der Waals surface area contributed by atoms with Crippen molar-refractivity contribution in [2.75, 3.05) is 13.7 Å². The number of amides is 1. The standard InChI is InChI=1S/C20H21NO2/c1-23-17-9-5-8-15(10-17)18-11-16-13-21(20(22)19(16)18)12-14-6-3-2-4-7-14/h2-10,16,18-19H,11-13H2,1H3. The van der Waals surface area contributed by atoms with Gasteiger partial charge < -0.3 is 9.64 Å². The van der Waals surface area contributed by atoms with Crippen molar-refractivity contribution >= 4 is 5.91 Å². The molecule has 1 saturated heterocycles. The van der Waals surface area contributed by atoms with Crippen molar-refractivity contribution in [1.82, 2.24) is 4.90 Å².